The minimum atomic E-state index is 0.0566. The van der Waals surface area contributed by atoms with Crippen LogP contribution in [-0.4, -0.2) is 27.3 Å². The van der Waals surface area contributed by atoms with Crippen molar-refractivity contribution in [2.45, 2.75) is 13.0 Å². The molecular formula is C18H17N3OS2. The predicted octanol–water partition coefficient (Wildman–Crippen LogP) is 4.02. The third-order valence-electron chi connectivity index (χ3n) is 3.40. The third kappa shape index (κ3) is 4.15. The second-order valence-electron chi connectivity index (χ2n) is 5.18. The maximum absolute atomic E-state index is 12.6. The van der Waals surface area contributed by atoms with Crippen LogP contribution in [0.1, 0.15) is 10.6 Å². The molecule has 3 aromatic rings. The van der Waals surface area contributed by atoms with Crippen molar-refractivity contribution in [3.05, 3.63) is 70.5 Å². The fraction of sp³-hybridized carbons (Fsp3) is 0.167. The third-order valence-corrected chi connectivity index (χ3v) is 5.17. The number of hydrogen-bond donors (Lipinski definition) is 0. The molecule has 122 valence electrons. The van der Waals surface area contributed by atoms with E-state index >= 15 is 0 Å². The molecule has 0 saturated carbocycles. The van der Waals surface area contributed by atoms with Gasteiger partial charge < -0.3 is 4.90 Å². The monoisotopic (exact) mass is 355 g/mol. The first kappa shape index (κ1) is 16.5. The molecule has 0 aromatic carbocycles. The van der Waals surface area contributed by atoms with Crippen LogP contribution in [0.5, 0.6) is 0 Å². The molecule has 0 radical (unpaired) electrons. The largest absolute Gasteiger partial charge is 0.334 e. The topological polar surface area (TPSA) is 46.1 Å². The molecule has 0 fully saturated rings. The van der Waals surface area contributed by atoms with E-state index in [0.29, 0.717) is 19.5 Å². The normalized spacial score (nSPS) is 10.5. The highest BCUT2D eigenvalue weighted by Gasteiger charge is 2.16. The number of carbonyl (C=O) groups is 1. The van der Waals surface area contributed by atoms with Crippen molar-refractivity contribution in [1.82, 2.24) is 14.9 Å². The summed E-state index contributed by atoms with van der Waals surface area (Å²) in [5.41, 5.74) is 1.62. The van der Waals surface area contributed by atoms with Crippen LogP contribution in [0.4, 0.5) is 0 Å². The molecular weight excluding hydrogens is 338 g/mol. The zero-order chi connectivity index (χ0) is 16.8. The Balaban J connectivity index is 1.68. The molecule has 0 N–H and O–H groups in total. The summed E-state index contributed by atoms with van der Waals surface area (Å²) < 4.78 is 0. The molecule has 24 heavy (non-hydrogen) atoms. The summed E-state index contributed by atoms with van der Waals surface area (Å²) in [5, 5.41) is 4.79. The fourth-order valence-corrected chi connectivity index (χ4v) is 3.78. The molecule has 0 spiro atoms. The first-order chi connectivity index (χ1) is 11.8. The number of aromatic nitrogens is 2. The maximum Gasteiger partial charge on any atom is 0.229 e. The molecule has 3 heterocycles. The second kappa shape index (κ2) is 7.99. The van der Waals surface area contributed by atoms with Crippen molar-refractivity contribution in [2.75, 3.05) is 6.54 Å². The summed E-state index contributed by atoms with van der Waals surface area (Å²) >= 11 is 3.16. The van der Waals surface area contributed by atoms with Gasteiger partial charge in [0, 0.05) is 23.0 Å². The smallest absolute Gasteiger partial charge is 0.229 e. The Morgan fingerprint density at radius 1 is 1.25 bits per heavy atom. The second-order valence-corrected chi connectivity index (χ2v) is 7.07. The van der Waals surface area contributed by atoms with Gasteiger partial charge >= 0.3 is 0 Å². The van der Waals surface area contributed by atoms with Gasteiger partial charge in [-0.25, -0.2) is 4.98 Å². The number of pyridine rings is 1. The number of rotatable bonds is 7. The zero-order valence-electron chi connectivity index (χ0n) is 13.1. The van der Waals surface area contributed by atoms with Gasteiger partial charge in [-0.05, 0) is 23.6 Å². The summed E-state index contributed by atoms with van der Waals surface area (Å²) in [6, 6.07) is 9.76. The van der Waals surface area contributed by atoms with Gasteiger partial charge in [0.25, 0.3) is 0 Å². The van der Waals surface area contributed by atoms with Gasteiger partial charge in [-0.2, -0.15) is 0 Å². The van der Waals surface area contributed by atoms with E-state index < -0.39 is 0 Å². The standard InChI is InChI=1S/C18H17N3OS2/c1-2-9-21(12-15-6-5-10-23-15)17(22)11-14-13-24-18(20-14)16-7-3-4-8-19-16/h2-8,10,13H,1,9,11-12H2. The lowest BCUT2D eigenvalue weighted by molar-refractivity contribution is -0.130. The van der Waals surface area contributed by atoms with Crippen LogP contribution in [0, 0.1) is 0 Å². The van der Waals surface area contributed by atoms with Gasteiger partial charge in [-0.3, -0.25) is 9.78 Å². The Morgan fingerprint density at radius 2 is 2.17 bits per heavy atom. The summed E-state index contributed by atoms with van der Waals surface area (Å²) in [4.78, 5) is 24.4. The summed E-state index contributed by atoms with van der Waals surface area (Å²) in [7, 11) is 0. The van der Waals surface area contributed by atoms with Crippen LogP contribution < -0.4 is 0 Å². The number of thiazole rings is 1. The van der Waals surface area contributed by atoms with E-state index in [9.17, 15) is 4.79 Å². The lowest BCUT2D eigenvalue weighted by Gasteiger charge is -2.20. The number of thiophene rings is 1. The van der Waals surface area contributed by atoms with Crippen molar-refractivity contribution < 1.29 is 4.79 Å². The van der Waals surface area contributed by atoms with Crippen molar-refractivity contribution in [3.8, 4) is 10.7 Å². The minimum absolute atomic E-state index is 0.0566. The molecule has 0 saturated heterocycles. The van der Waals surface area contributed by atoms with E-state index in [0.717, 1.165) is 21.3 Å². The molecule has 3 aromatic heterocycles. The molecule has 0 atom stereocenters. The van der Waals surface area contributed by atoms with Crippen LogP contribution in [0.25, 0.3) is 10.7 Å². The highest BCUT2D eigenvalue weighted by molar-refractivity contribution is 7.13. The summed E-state index contributed by atoms with van der Waals surface area (Å²) in [6.45, 7) is 4.90. The molecule has 0 aliphatic carbocycles. The molecule has 6 heteroatoms. The lowest BCUT2D eigenvalue weighted by atomic mass is 10.2. The molecule has 0 aliphatic heterocycles. The van der Waals surface area contributed by atoms with Gasteiger partial charge in [0.1, 0.15) is 5.01 Å². The first-order valence-corrected chi connectivity index (χ1v) is 9.29. The minimum Gasteiger partial charge on any atom is -0.334 e. The van der Waals surface area contributed by atoms with Gasteiger partial charge in [0.05, 0.1) is 24.4 Å². The lowest BCUT2D eigenvalue weighted by Crippen LogP contribution is -2.31. The van der Waals surface area contributed by atoms with Gasteiger partial charge in [0.2, 0.25) is 5.91 Å². The van der Waals surface area contributed by atoms with Gasteiger partial charge in [0.15, 0.2) is 0 Å². The van der Waals surface area contributed by atoms with E-state index in [1.54, 1.807) is 28.5 Å². The van der Waals surface area contributed by atoms with Gasteiger partial charge in [-0.15, -0.1) is 29.3 Å². The highest BCUT2D eigenvalue weighted by atomic mass is 32.1. The highest BCUT2D eigenvalue weighted by Crippen LogP contribution is 2.22. The van der Waals surface area contributed by atoms with Crippen molar-refractivity contribution in [2.24, 2.45) is 0 Å². The van der Waals surface area contributed by atoms with Crippen LogP contribution in [0.2, 0.25) is 0 Å². The quantitative estimate of drug-likeness (QED) is 0.601. The van der Waals surface area contributed by atoms with Gasteiger partial charge in [-0.1, -0.05) is 18.2 Å². The molecule has 3 rings (SSSR count). The Labute approximate surface area is 149 Å². The fourth-order valence-electron chi connectivity index (χ4n) is 2.26. The Bertz CT molecular complexity index is 797. The predicted molar refractivity (Wildman–Crippen MR) is 99.0 cm³/mol. The first-order valence-electron chi connectivity index (χ1n) is 7.53. The van der Waals surface area contributed by atoms with Crippen LogP contribution in [0.3, 0.4) is 0 Å². The number of nitrogens with zero attached hydrogens (tertiary/aromatic N) is 3. The van der Waals surface area contributed by atoms with E-state index in [1.807, 2.05) is 41.1 Å². The number of carbonyl (C=O) groups excluding carboxylic acids is 1. The van der Waals surface area contributed by atoms with E-state index in [1.165, 1.54) is 11.3 Å². The van der Waals surface area contributed by atoms with Crippen molar-refractivity contribution >= 4 is 28.6 Å². The van der Waals surface area contributed by atoms with E-state index in [-0.39, 0.29) is 5.91 Å². The maximum atomic E-state index is 12.6. The Hall–Kier alpha value is -2.31. The average molecular weight is 355 g/mol. The van der Waals surface area contributed by atoms with Crippen molar-refractivity contribution in [3.63, 3.8) is 0 Å². The molecule has 4 nitrogen and oxygen atoms in total. The molecule has 0 unspecified atom stereocenters. The molecule has 0 bridgehead atoms. The molecule has 1 amide bonds. The van der Waals surface area contributed by atoms with E-state index in [4.69, 9.17) is 0 Å². The van der Waals surface area contributed by atoms with E-state index in [2.05, 4.69) is 16.5 Å². The average Bonchev–Trinajstić information content (AvgIpc) is 3.27. The number of amides is 1. The summed E-state index contributed by atoms with van der Waals surface area (Å²) in [6.07, 6.45) is 3.79. The molecule has 0 aliphatic rings. The van der Waals surface area contributed by atoms with Crippen molar-refractivity contribution in [1.29, 1.82) is 0 Å². The van der Waals surface area contributed by atoms with Crippen LogP contribution in [0.15, 0.2) is 59.9 Å². The van der Waals surface area contributed by atoms with Crippen LogP contribution >= 0.6 is 22.7 Å². The number of hydrogen-bond acceptors (Lipinski definition) is 5. The SMILES string of the molecule is C=CCN(Cc1cccs1)C(=O)Cc1csc(-c2ccccn2)n1. The zero-order valence-corrected chi connectivity index (χ0v) is 14.7. The van der Waals surface area contributed by atoms with Crippen LogP contribution in [-0.2, 0) is 17.8 Å². The Kier molecular flexibility index (Phi) is 5.51. The summed E-state index contributed by atoms with van der Waals surface area (Å²) in [5.74, 6) is 0.0566. The Morgan fingerprint density at radius 3 is 2.88 bits per heavy atom.